The van der Waals surface area contributed by atoms with Crippen molar-refractivity contribution in [2.45, 2.75) is 6.92 Å². The normalized spacial score (nSPS) is 10.2. The molecule has 2 rings (SSSR count). The molecule has 1 heterocycles. The Morgan fingerprint density at radius 1 is 1.25 bits per heavy atom. The monoisotopic (exact) mass is 297 g/mol. The molecule has 1 aromatic carbocycles. The highest BCUT2D eigenvalue weighted by molar-refractivity contribution is 9.10. The lowest BCUT2D eigenvalue weighted by Crippen LogP contribution is -1.96. The minimum Gasteiger partial charge on any atom is -0.340 e. The highest BCUT2D eigenvalue weighted by Crippen LogP contribution is 2.23. The zero-order chi connectivity index (χ0) is 11.5. The van der Waals surface area contributed by atoms with E-state index in [4.69, 9.17) is 11.6 Å². The number of aryl methyl sites for hydroxylation is 1. The summed E-state index contributed by atoms with van der Waals surface area (Å²) in [6, 6.07) is 7.49. The molecule has 0 aliphatic rings. The van der Waals surface area contributed by atoms with E-state index in [0.717, 1.165) is 21.7 Å². The number of rotatable bonds is 2. The highest BCUT2D eigenvalue weighted by Gasteiger charge is 2.01. The average molecular weight is 299 g/mol. The topological polar surface area (TPSA) is 37.8 Å². The highest BCUT2D eigenvalue weighted by atomic mass is 79.9. The molecular weight excluding hydrogens is 289 g/mol. The molecule has 16 heavy (non-hydrogen) atoms. The molecule has 0 unspecified atom stereocenters. The molecule has 0 spiro atoms. The van der Waals surface area contributed by atoms with Gasteiger partial charge < -0.3 is 5.32 Å². The second-order valence-electron chi connectivity index (χ2n) is 3.31. The Morgan fingerprint density at radius 2 is 2.06 bits per heavy atom. The van der Waals surface area contributed by atoms with Gasteiger partial charge in [-0.2, -0.15) is 0 Å². The van der Waals surface area contributed by atoms with Crippen molar-refractivity contribution in [2.24, 2.45) is 0 Å². The van der Waals surface area contributed by atoms with Gasteiger partial charge in [0.25, 0.3) is 0 Å². The van der Waals surface area contributed by atoms with Crippen LogP contribution < -0.4 is 5.32 Å². The Labute approximate surface area is 107 Å². The van der Waals surface area contributed by atoms with Gasteiger partial charge in [-0.1, -0.05) is 17.7 Å². The van der Waals surface area contributed by atoms with E-state index in [1.165, 1.54) is 6.33 Å². The third-order valence-corrected chi connectivity index (χ3v) is 2.76. The van der Waals surface area contributed by atoms with Crippen LogP contribution in [0.5, 0.6) is 0 Å². The van der Waals surface area contributed by atoms with E-state index in [1.54, 1.807) is 6.07 Å². The van der Waals surface area contributed by atoms with Crippen LogP contribution in [0, 0.1) is 6.92 Å². The molecule has 0 amide bonds. The fourth-order valence-electron chi connectivity index (χ4n) is 1.27. The summed E-state index contributed by atoms with van der Waals surface area (Å²) in [6.07, 6.45) is 1.49. The quantitative estimate of drug-likeness (QED) is 0.853. The molecule has 5 heteroatoms. The summed E-state index contributed by atoms with van der Waals surface area (Å²) in [5.41, 5.74) is 2.05. The predicted octanol–water partition coefficient (Wildman–Crippen LogP) is 3.94. The maximum Gasteiger partial charge on any atom is 0.134 e. The van der Waals surface area contributed by atoms with Crippen molar-refractivity contribution in [3.05, 3.63) is 45.8 Å². The first-order chi connectivity index (χ1) is 7.65. The lowest BCUT2D eigenvalue weighted by atomic mass is 10.2. The van der Waals surface area contributed by atoms with Crippen LogP contribution in [0.4, 0.5) is 11.5 Å². The molecule has 2 aromatic rings. The molecule has 0 atom stereocenters. The number of hydrogen-bond acceptors (Lipinski definition) is 3. The van der Waals surface area contributed by atoms with E-state index in [-0.39, 0.29) is 0 Å². The molecule has 1 aromatic heterocycles. The van der Waals surface area contributed by atoms with E-state index < -0.39 is 0 Å². The van der Waals surface area contributed by atoms with Gasteiger partial charge in [0.15, 0.2) is 0 Å². The molecule has 0 aliphatic heterocycles. The molecule has 0 saturated carbocycles. The van der Waals surface area contributed by atoms with Gasteiger partial charge in [0, 0.05) is 16.8 Å². The van der Waals surface area contributed by atoms with Crippen LogP contribution in [0.2, 0.25) is 5.02 Å². The Morgan fingerprint density at radius 3 is 2.81 bits per heavy atom. The summed E-state index contributed by atoms with van der Waals surface area (Å²) in [6.45, 7) is 2.01. The van der Waals surface area contributed by atoms with Gasteiger partial charge in [0.2, 0.25) is 0 Å². The number of aromatic nitrogens is 2. The van der Waals surface area contributed by atoms with E-state index in [0.29, 0.717) is 5.02 Å². The summed E-state index contributed by atoms with van der Waals surface area (Å²) in [4.78, 5) is 8.07. The summed E-state index contributed by atoms with van der Waals surface area (Å²) in [7, 11) is 0. The molecule has 0 radical (unpaired) electrons. The second-order valence-corrected chi connectivity index (χ2v) is 4.56. The van der Waals surface area contributed by atoms with Crippen molar-refractivity contribution in [3.8, 4) is 0 Å². The van der Waals surface area contributed by atoms with Crippen molar-refractivity contribution in [1.82, 2.24) is 9.97 Å². The first kappa shape index (κ1) is 11.4. The largest absolute Gasteiger partial charge is 0.340 e. The van der Waals surface area contributed by atoms with Crippen molar-refractivity contribution < 1.29 is 0 Å². The van der Waals surface area contributed by atoms with E-state index >= 15 is 0 Å². The fraction of sp³-hybridized carbons (Fsp3) is 0.0909. The van der Waals surface area contributed by atoms with Gasteiger partial charge in [-0.05, 0) is 40.5 Å². The van der Waals surface area contributed by atoms with Gasteiger partial charge in [0.05, 0.1) is 0 Å². The third kappa shape index (κ3) is 2.71. The van der Waals surface area contributed by atoms with Gasteiger partial charge >= 0.3 is 0 Å². The molecule has 0 bridgehead atoms. The summed E-state index contributed by atoms with van der Waals surface area (Å²) in [5.74, 6) is 0.729. The maximum atomic E-state index is 5.93. The maximum absolute atomic E-state index is 5.93. The first-order valence-corrected chi connectivity index (χ1v) is 5.83. The predicted molar refractivity (Wildman–Crippen MR) is 69.2 cm³/mol. The molecule has 3 nitrogen and oxygen atoms in total. The van der Waals surface area contributed by atoms with Crippen LogP contribution in [-0.4, -0.2) is 9.97 Å². The molecule has 82 valence electrons. The first-order valence-electron chi connectivity index (χ1n) is 4.66. The SMILES string of the molecule is Cc1ccc(Cl)cc1Nc1cc(Br)ncn1. The molecule has 0 aliphatic carbocycles. The Kier molecular flexibility index (Phi) is 3.41. The van der Waals surface area contributed by atoms with Crippen molar-refractivity contribution in [2.75, 3.05) is 5.32 Å². The van der Waals surface area contributed by atoms with Crippen LogP contribution in [0.25, 0.3) is 0 Å². The fourth-order valence-corrected chi connectivity index (χ4v) is 1.75. The molecular formula is C11H9BrClN3. The zero-order valence-corrected chi connectivity index (χ0v) is 10.9. The van der Waals surface area contributed by atoms with Crippen molar-refractivity contribution in [3.63, 3.8) is 0 Å². The smallest absolute Gasteiger partial charge is 0.134 e. The number of anilines is 2. The zero-order valence-electron chi connectivity index (χ0n) is 8.54. The van der Waals surface area contributed by atoms with Crippen LogP contribution in [0.3, 0.4) is 0 Å². The van der Waals surface area contributed by atoms with Crippen molar-refractivity contribution >= 4 is 39.0 Å². The number of nitrogens with one attached hydrogen (secondary N) is 1. The minimum atomic E-state index is 0.696. The van der Waals surface area contributed by atoms with Gasteiger partial charge in [-0.3, -0.25) is 0 Å². The van der Waals surface area contributed by atoms with Crippen LogP contribution >= 0.6 is 27.5 Å². The second kappa shape index (κ2) is 4.80. The molecule has 0 fully saturated rings. The number of hydrogen-bond donors (Lipinski definition) is 1. The summed E-state index contributed by atoms with van der Waals surface area (Å²) in [5, 5.41) is 3.88. The van der Waals surface area contributed by atoms with Crippen LogP contribution in [-0.2, 0) is 0 Å². The summed E-state index contributed by atoms with van der Waals surface area (Å²) < 4.78 is 0.740. The molecule has 0 saturated heterocycles. The van der Waals surface area contributed by atoms with E-state index in [1.807, 2.05) is 25.1 Å². The number of halogens is 2. The molecule has 1 N–H and O–H groups in total. The average Bonchev–Trinajstić information content (AvgIpc) is 2.24. The lowest BCUT2D eigenvalue weighted by Gasteiger charge is -2.08. The Hall–Kier alpha value is -1.13. The standard InChI is InChI=1S/C11H9BrClN3/c1-7-2-3-8(13)4-9(7)16-11-5-10(12)14-6-15-11/h2-6H,1H3,(H,14,15,16). The van der Waals surface area contributed by atoms with Crippen molar-refractivity contribution in [1.29, 1.82) is 0 Å². The minimum absolute atomic E-state index is 0.696. The number of benzene rings is 1. The third-order valence-electron chi connectivity index (χ3n) is 2.10. The number of nitrogens with zero attached hydrogens (tertiary/aromatic N) is 2. The lowest BCUT2D eigenvalue weighted by molar-refractivity contribution is 1.14. The Bertz CT molecular complexity index is 516. The van der Waals surface area contributed by atoms with E-state index in [9.17, 15) is 0 Å². The summed E-state index contributed by atoms with van der Waals surface area (Å²) >= 11 is 9.22. The van der Waals surface area contributed by atoms with Gasteiger partial charge in [-0.15, -0.1) is 0 Å². The Balaban J connectivity index is 2.30. The van der Waals surface area contributed by atoms with E-state index in [2.05, 4.69) is 31.2 Å². The van der Waals surface area contributed by atoms with Gasteiger partial charge in [0.1, 0.15) is 16.7 Å². The van der Waals surface area contributed by atoms with Gasteiger partial charge in [-0.25, -0.2) is 9.97 Å². The van der Waals surface area contributed by atoms with Crippen LogP contribution in [0.1, 0.15) is 5.56 Å². The van der Waals surface area contributed by atoms with Crippen LogP contribution in [0.15, 0.2) is 35.2 Å².